The fraction of sp³-hybridized carbons (Fsp3) is 0.611. The molecule has 5 nitrogen and oxygen atoms in total. The van der Waals surface area contributed by atoms with Crippen LogP contribution < -0.4 is 10.2 Å². The lowest BCUT2D eigenvalue weighted by Crippen LogP contribution is -2.43. The van der Waals surface area contributed by atoms with Gasteiger partial charge in [-0.1, -0.05) is 6.92 Å². The van der Waals surface area contributed by atoms with E-state index in [1.54, 1.807) is 17.7 Å². The van der Waals surface area contributed by atoms with Gasteiger partial charge in [0, 0.05) is 29.9 Å². The highest BCUT2D eigenvalue weighted by molar-refractivity contribution is 7.18. The number of hydrogen-bond donors (Lipinski definition) is 1. The maximum atomic E-state index is 12.3. The molecular formula is C18H26N4OS. The van der Waals surface area contributed by atoms with Crippen molar-refractivity contribution < 1.29 is 4.79 Å². The fourth-order valence-corrected chi connectivity index (χ4v) is 4.21. The number of fused-ring (bicyclic) bond motifs is 1. The zero-order valence-electron chi connectivity index (χ0n) is 14.9. The predicted octanol–water partition coefficient (Wildman–Crippen LogP) is 3.44. The summed E-state index contributed by atoms with van der Waals surface area (Å²) in [4.78, 5) is 26.0. The average molecular weight is 347 g/mol. The summed E-state index contributed by atoms with van der Waals surface area (Å²) in [5.74, 6) is 1.36. The number of carbonyl (C=O) groups is 1. The van der Waals surface area contributed by atoms with Crippen LogP contribution >= 0.6 is 11.3 Å². The van der Waals surface area contributed by atoms with Crippen LogP contribution in [0.4, 0.5) is 5.82 Å². The molecule has 0 aliphatic carbocycles. The maximum Gasteiger partial charge on any atom is 0.223 e. The minimum Gasteiger partial charge on any atom is -0.356 e. The van der Waals surface area contributed by atoms with Gasteiger partial charge in [0.25, 0.3) is 0 Å². The third-order valence-corrected chi connectivity index (χ3v) is 6.23. The molecule has 1 aliphatic heterocycles. The van der Waals surface area contributed by atoms with E-state index < -0.39 is 0 Å². The SMILES string of the molecule is CCC(C)NC(=O)C1CCN(c2ncnc3sc(C)c(C)c23)CC1. The lowest BCUT2D eigenvalue weighted by Gasteiger charge is -2.33. The molecule has 0 saturated carbocycles. The number of nitrogens with zero attached hydrogens (tertiary/aromatic N) is 3. The molecule has 24 heavy (non-hydrogen) atoms. The summed E-state index contributed by atoms with van der Waals surface area (Å²) in [6, 6.07) is 0.258. The molecule has 1 fully saturated rings. The minimum atomic E-state index is 0.123. The zero-order valence-corrected chi connectivity index (χ0v) is 15.7. The van der Waals surface area contributed by atoms with Crippen LogP contribution in [0.25, 0.3) is 10.2 Å². The second-order valence-corrected chi connectivity index (χ2v) is 7.94. The molecule has 1 saturated heterocycles. The van der Waals surface area contributed by atoms with Crippen LogP contribution in [0.5, 0.6) is 0 Å². The lowest BCUT2D eigenvalue weighted by molar-refractivity contribution is -0.126. The van der Waals surface area contributed by atoms with Gasteiger partial charge in [0.2, 0.25) is 5.91 Å². The Morgan fingerprint density at radius 3 is 2.75 bits per heavy atom. The number of anilines is 1. The van der Waals surface area contributed by atoms with Gasteiger partial charge in [-0.15, -0.1) is 11.3 Å². The summed E-state index contributed by atoms with van der Waals surface area (Å²) in [5, 5.41) is 4.30. The standard InChI is InChI=1S/C18H26N4OS/c1-5-11(2)21-17(23)14-6-8-22(9-7-14)16-15-12(3)13(4)24-18(15)20-10-19-16/h10-11,14H,5-9H2,1-4H3,(H,21,23). The predicted molar refractivity (Wildman–Crippen MR) is 99.7 cm³/mol. The summed E-state index contributed by atoms with van der Waals surface area (Å²) < 4.78 is 0. The number of rotatable bonds is 4. The first-order valence-electron chi connectivity index (χ1n) is 8.77. The van der Waals surface area contributed by atoms with E-state index in [9.17, 15) is 4.79 Å². The highest BCUT2D eigenvalue weighted by atomic mass is 32.1. The number of aryl methyl sites for hydroxylation is 2. The number of aromatic nitrogens is 2. The number of hydrogen-bond acceptors (Lipinski definition) is 5. The Morgan fingerprint density at radius 1 is 1.38 bits per heavy atom. The average Bonchev–Trinajstić information content (AvgIpc) is 2.89. The quantitative estimate of drug-likeness (QED) is 0.921. The molecule has 0 aromatic carbocycles. The molecule has 2 aromatic rings. The summed E-state index contributed by atoms with van der Waals surface area (Å²) in [6.45, 7) is 10.2. The summed E-state index contributed by atoms with van der Waals surface area (Å²) in [6.07, 6.45) is 4.40. The van der Waals surface area contributed by atoms with E-state index in [1.165, 1.54) is 15.8 Å². The van der Waals surface area contributed by atoms with Crippen molar-refractivity contribution in [1.82, 2.24) is 15.3 Å². The monoisotopic (exact) mass is 346 g/mol. The first-order valence-corrected chi connectivity index (χ1v) is 9.59. The topological polar surface area (TPSA) is 58.1 Å². The Hall–Kier alpha value is -1.69. The molecule has 3 rings (SSSR count). The van der Waals surface area contributed by atoms with E-state index in [2.05, 4.69) is 47.9 Å². The van der Waals surface area contributed by atoms with Gasteiger partial charge < -0.3 is 10.2 Å². The molecule has 0 spiro atoms. The zero-order chi connectivity index (χ0) is 17.3. The van der Waals surface area contributed by atoms with Gasteiger partial charge in [-0.25, -0.2) is 9.97 Å². The van der Waals surface area contributed by atoms with Gasteiger partial charge in [-0.2, -0.15) is 0 Å². The first kappa shape index (κ1) is 17.1. The van der Waals surface area contributed by atoms with Crippen LogP contribution in [-0.2, 0) is 4.79 Å². The molecular weight excluding hydrogens is 320 g/mol. The Labute approximate surface area is 147 Å². The molecule has 3 heterocycles. The molecule has 130 valence electrons. The van der Waals surface area contributed by atoms with Crippen LogP contribution in [0.2, 0.25) is 0 Å². The number of nitrogens with one attached hydrogen (secondary N) is 1. The molecule has 2 aromatic heterocycles. The van der Waals surface area contributed by atoms with Gasteiger partial charge in [-0.3, -0.25) is 4.79 Å². The second-order valence-electron chi connectivity index (χ2n) is 6.74. The van der Waals surface area contributed by atoms with Gasteiger partial charge >= 0.3 is 0 Å². The van der Waals surface area contributed by atoms with E-state index in [-0.39, 0.29) is 17.9 Å². The summed E-state index contributed by atoms with van der Waals surface area (Å²) >= 11 is 1.73. The smallest absolute Gasteiger partial charge is 0.223 e. The second kappa shape index (κ2) is 7.05. The Kier molecular flexibility index (Phi) is 5.04. The number of thiophene rings is 1. The number of carbonyl (C=O) groups excluding carboxylic acids is 1. The van der Waals surface area contributed by atoms with Gasteiger partial charge in [0.1, 0.15) is 17.0 Å². The van der Waals surface area contributed by atoms with E-state index >= 15 is 0 Å². The van der Waals surface area contributed by atoms with Crippen LogP contribution in [0.1, 0.15) is 43.6 Å². The van der Waals surface area contributed by atoms with Crippen LogP contribution in [0.15, 0.2) is 6.33 Å². The number of piperidine rings is 1. The van der Waals surface area contributed by atoms with Gasteiger partial charge in [0.05, 0.1) is 5.39 Å². The van der Waals surface area contributed by atoms with Crippen molar-refractivity contribution in [2.75, 3.05) is 18.0 Å². The van der Waals surface area contributed by atoms with E-state index in [1.807, 2.05) is 0 Å². The first-order chi connectivity index (χ1) is 11.5. The molecule has 1 aliphatic rings. The van der Waals surface area contributed by atoms with Crippen molar-refractivity contribution in [3.05, 3.63) is 16.8 Å². The van der Waals surface area contributed by atoms with Gasteiger partial charge in [0.15, 0.2) is 0 Å². The molecule has 1 atom stereocenters. The Morgan fingerprint density at radius 2 is 2.08 bits per heavy atom. The van der Waals surface area contributed by atoms with Crippen molar-refractivity contribution >= 4 is 33.3 Å². The summed E-state index contributed by atoms with van der Waals surface area (Å²) in [7, 11) is 0. The lowest BCUT2D eigenvalue weighted by atomic mass is 9.95. The third-order valence-electron chi connectivity index (χ3n) is 5.11. The molecule has 0 bridgehead atoms. The highest BCUT2D eigenvalue weighted by Crippen LogP contribution is 2.35. The van der Waals surface area contributed by atoms with Crippen LogP contribution in [0.3, 0.4) is 0 Å². The van der Waals surface area contributed by atoms with Crippen molar-refractivity contribution in [1.29, 1.82) is 0 Å². The highest BCUT2D eigenvalue weighted by Gasteiger charge is 2.27. The van der Waals surface area contributed by atoms with E-state index in [0.29, 0.717) is 0 Å². The third kappa shape index (κ3) is 3.24. The number of amides is 1. The molecule has 1 amide bonds. The van der Waals surface area contributed by atoms with Gasteiger partial charge in [-0.05, 0) is 45.6 Å². The van der Waals surface area contributed by atoms with Crippen molar-refractivity contribution in [3.8, 4) is 0 Å². The van der Waals surface area contributed by atoms with E-state index in [0.717, 1.165) is 43.0 Å². The fourth-order valence-electron chi connectivity index (χ4n) is 3.22. The van der Waals surface area contributed by atoms with Crippen molar-refractivity contribution in [3.63, 3.8) is 0 Å². The normalized spacial score (nSPS) is 17.2. The maximum absolute atomic E-state index is 12.3. The Balaban J connectivity index is 1.72. The van der Waals surface area contributed by atoms with Crippen LogP contribution in [0, 0.1) is 19.8 Å². The van der Waals surface area contributed by atoms with Crippen LogP contribution in [-0.4, -0.2) is 35.0 Å². The van der Waals surface area contributed by atoms with Crippen molar-refractivity contribution in [2.45, 2.75) is 53.0 Å². The van der Waals surface area contributed by atoms with Crippen molar-refractivity contribution in [2.24, 2.45) is 5.92 Å². The molecule has 0 radical (unpaired) electrons. The molecule has 6 heteroatoms. The largest absolute Gasteiger partial charge is 0.356 e. The molecule has 1 N–H and O–H groups in total. The Bertz CT molecular complexity index is 734. The minimum absolute atomic E-state index is 0.123. The van der Waals surface area contributed by atoms with E-state index in [4.69, 9.17) is 0 Å². The molecule has 1 unspecified atom stereocenters. The summed E-state index contributed by atoms with van der Waals surface area (Å²) in [5.41, 5.74) is 1.28.